The zero-order valence-corrected chi connectivity index (χ0v) is 10.6. The molecule has 0 aromatic carbocycles. The van der Waals surface area contributed by atoms with Gasteiger partial charge in [0, 0.05) is 0 Å². The number of carboxylic acids is 2. The smallest absolute Gasteiger partial charge is 0.318 e. The highest BCUT2D eigenvalue weighted by atomic mass is 16.6. The van der Waals surface area contributed by atoms with Crippen LogP contribution in [0.3, 0.4) is 0 Å². The molecule has 0 amide bonds. The number of carbonyl (C=O) groups is 6. The van der Waals surface area contributed by atoms with Gasteiger partial charge in [-0.15, -0.1) is 0 Å². The molecule has 0 aromatic heterocycles. The van der Waals surface area contributed by atoms with E-state index in [0.29, 0.717) is 0 Å². The van der Waals surface area contributed by atoms with Crippen LogP contribution in [0.4, 0.5) is 0 Å². The summed E-state index contributed by atoms with van der Waals surface area (Å²) in [6, 6.07) is 0. The second-order valence-electron chi connectivity index (χ2n) is 5.31. The maximum absolute atomic E-state index is 11.8. The molecule has 0 bridgehead atoms. The van der Waals surface area contributed by atoms with E-state index in [-0.39, 0.29) is 0 Å². The third-order valence-electron chi connectivity index (χ3n) is 4.38. The van der Waals surface area contributed by atoms with Crippen LogP contribution in [0, 0.1) is 35.5 Å². The molecule has 0 aromatic rings. The second kappa shape index (κ2) is 4.36. The van der Waals surface area contributed by atoms with Crippen LogP contribution in [0.5, 0.6) is 0 Å². The Kier molecular flexibility index (Phi) is 2.81. The zero-order chi connectivity index (χ0) is 16.3. The van der Waals surface area contributed by atoms with Gasteiger partial charge >= 0.3 is 35.8 Å². The van der Waals surface area contributed by atoms with Crippen molar-refractivity contribution >= 4 is 35.8 Å². The summed E-state index contributed by atoms with van der Waals surface area (Å²) >= 11 is 0. The average molecular weight is 312 g/mol. The zero-order valence-electron chi connectivity index (χ0n) is 10.6. The molecule has 1 saturated carbocycles. The molecular formula is C12H8O10. The Morgan fingerprint density at radius 2 is 0.909 bits per heavy atom. The van der Waals surface area contributed by atoms with Crippen molar-refractivity contribution in [2.45, 2.75) is 0 Å². The van der Waals surface area contributed by atoms with Gasteiger partial charge in [0.1, 0.15) is 0 Å². The third-order valence-corrected chi connectivity index (χ3v) is 4.38. The molecular weight excluding hydrogens is 304 g/mol. The van der Waals surface area contributed by atoms with Crippen molar-refractivity contribution in [3.05, 3.63) is 0 Å². The number of ether oxygens (including phenoxy) is 2. The summed E-state index contributed by atoms with van der Waals surface area (Å²) in [6.07, 6.45) is 0. The Morgan fingerprint density at radius 3 is 1.18 bits per heavy atom. The van der Waals surface area contributed by atoms with Crippen molar-refractivity contribution in [3.8, 4) is 0 Å². The van der Waals surface area contributed by atoms with Gasteiger partial charge in [-0.2, -0.15) is 0 Å². The summed E-state index contributed by atoms with van der Waals surface area (Å²) in [4.78, 5) is 69.8. The van der Waals surface area contributed by atoms with Crippen molar-refractivity contribution in [1.29, 1.82) is 0 Å². The van der Waals surface area contributed by atoms with E-state index in [9.17, 15) is 39.0 Å². The maximum Gasteiger partial charge on any atom is 0.318 e. The minimum absolute atomic E-state index is 1.15. The van der Waals surface area contributed by atoms with Gasteiger partial charge in [-0.05, 0) is 0 Å². The number of hydrogen-bond acceptors (Lipinski definition) is 8. The third kappa shape index (κ3) is 1.60. The largest absolute Gasteiger partial charge is 0.481 e. The lowest BCUT2D eigenvalue weighted by Crippen LogP contribution is -2.54. The molecule has 3 rings (SSSR count). The fourth-order valence-electron chi connectivity index (χ4n) is 3.60. The van der Waals surface area contributed by atoms with Gasteiger partial charge in [0.15, 0.2) is 0 Å². The minimum Gasteiger partial charge on any atom is -0.481 e. The number of cyclic esters (lactones) is 4. The van der Waals surface area contributed by atoms with E-state index in [0.717, 1.165) is 0 Å². The molecule has 2 heterocycles. The Labute approximate surface area is 121 Å². The van der Waals surface area contributed by atoms with E-state index >= 15 is 0 Å². The van der Waals surface area contributed by atoms with Crippen LogP contribution in [0.1, 0.15) is 0 Å². The Balaban J connectivity index is 2.20. The van der Waals surface area contributed by atoms with Gasteiger partial charge in [-0.25, -0.2) is 0 Å². The van der Waals surface area contributed by atoms with Gasteiger partial charge < -0.3 is 19.7 Å². The van der Waals surface area contributed by atoms with Crippen LogP contribution in [-0.2, 0) is 38.2 Å². The first-order chi connectivity index (χ1) is 10.3. The van der Waals surface area contributed by atoms with E-state index < -0.39 is 71.3 Å². The normalized spacial score (nSPS) is 39.8. The molecule has 2 saturated heterocycles. The highest BCUT2D eigenvalue weighted by Crippen LogP contribution is 2.53. The molecule has 6 atom stereocenters. The van der Waals surface area contributed by atoms with Crippen LogP contribution in [0.2, 0.25) is 0 Å². The van der Waals surface area contributed by atoms with Gasteiger partial charge in [0.2, 0.25) is 0 Å². The van der Waals surface area contributed by atoms with Crippen LogP contribution < -0.4 is 0 Å². The molecule has 2 N–H and O–H groups in total. The monoisotopic (exact) mass is 312 g/mol. The van der Waals surface area contributed by atoms with Crippen LogP contribution >= 0.6 is 0 Å². The predicted molar refractivity (Wildman–Crippen MR) is 58.4 cm³/mol. The van der Waals surface area contributed by atoms with Crippen molar-refractivity contribution < 1.29 is 48.5 Å². The number of carboxylic acid groups (broad SMARTS) is 2. The fraction of sp³-hybridized carbons (Fsp3) is 0.500. The maximum atomic E-state index is 11.8. The Bertz CT molecular complexity index is 592. The molecule has 3 aliphatic rings. The summed E-state index contributed by atoms with van der Waals surface area (Å²) < 4.78 is 8.71. The van der Waals surface area contributed by atoms with Crippen molar-refractivity contribution in [2.24, 2.45) is 35.5 Å². The molecule has 116 valence electrons. The number of fused-ring (bicyclic) bond motifs is 3. The molecule has 0 radical (unpaired) electrons. The Hall–Kier alpha value is -2.78. The van der Waals surface area contributed by atoms with E-state index in [1.807, 2.05) is 0 Å². The summed E-state index contributed by atoms with van der Waals surface area (Å²) in [5, 5.41) is 18.5. The van der Waals surface area contributed by atoms with Crippen LogP contribution in [0.15, 0.2) is 0 Å². The molecule has 10 nitrogen and oxygen atoms in total. The highest BCUT2D eigenvalue weighted by Gasteiger charge is 2.70. The lowest BCUT2D eigenvalue weighted by Gasteiger charge is -2.36. The Morgan fingerprint density at radius 1 is 0.636 bits per heavy atom. The SMILES string of the molecule is O=C(O)C1C(C(=O)O)C2C(=O)OC(=O)C2C2C(=O)OC(=O)C12. The van der Waals surface area contributed by atoms with E-state index in [1.165, 1.54) is 0 Å². The highest BCUT2D eigenvalue weighted by molar-refractivity contribution is 6.07. The quantitative estimate of drug-likeness (QED) is 0.432. The van der Waals surface area contributed by atoms with E-state index in [2.05, 4.69) is 9.47 Å². The van der Waals surface area contributed by atoms with Crippen molar-refractivity contribution in [2.75, 3.05) is 0 Å². The standard InChI is InChI=1S/C12H8O10/c13-7(14)1-2(8(15)16)4-6(12(20)22-10(4)18)5-3(1)9(17)21-11(5)19/h1-6H,(H,13,14)(H,15,16). The molecule has 22 heavy (non-hydrogen) atoms. The van der Waals surface area contributed by atoms with E-state index in [4.69, 9.17) is 0 Å². The summed E-state index contributed by atoms with van der Waals surface area (Å²) in [5.74, 6) is -18.1. The van der Waals surface area contributed by atoms with Gasteiger partial charge in [0.25, 0.3) is 0 Å². The number of esters is 4. The first kappa shape index (κ1) is 14.2. The lowest BCUT2D eigenvalue weighted by molar-refractivity contribution is -0.170. The first-order valence-corrected chi connectivity index (χ1v) is 6.22. The lowest BCUT2D eigenvalue weighted by atomic mass is 9.58. The molecule has 2 aliphatic heterocycles. The van der Waals surface area contributed by atoms with Gasteiger partial charge in [0.05, 0.1) is 35.5 Å². The second-order valence-corrected chi connectivity index (χ2v) is 5.31. The molecule has 1 aliphatic carbocycles. The van der Waals surface area contributed by atoms with Crippen molar-refractivity contribution in [3.63, 3.8) is 0 Å². The summed E-state index contributed by atoms with van der Waals surface area (Å²) in [5.41, 5.74) is 0. The first-order valence-electron chi connectivity index (χ1n) is 6.22. The topological polar surface area (TPSA) is 161 Å². The number of carbonyl (C=O) groups excluding carboxylic acids is 4. The number of aliphatic carboxylic acids is 2. The number of hydrogen-bond donors (Lipinski definition) is 2. The molecule has 6 unspecified atom stereocenters. The number of rotatable bonds is 2. The van der Waals surface area contributed by atoms with Crippen LogP contribution in [0.25, 0.3) is 0 Å². The average Bonchev–Trinajstić information content (AvgIpc) is 2.86. The summed E-state index contributed by atoms with van der Waals surface area (Å²) in [7, 11) is 0. The molecule has 3 fully saturated rings. The predicted octanol–water partition coefficient (Wildman–Crippen LogP) is -1.97. The minimum atomic E-state index is -1.86. The van der Waals surface area contributed by atoms with Crippen molar-refractivity contribution in [1.82, 2.24) is 0 Å². The van der Waals surface area contributed by atoms with E-state index in [1.54, 1.807) is 0 Å². The van der Waals surface area contributed by atoms with Gasteiger partial charge in [-0.1, -0.05) is 0 Å². The summed E-state index contributed by atoms with van der Waals surface area (Å²) in [6.45, 7) is 0. The van der Waals surface area contributed by atoms with Crippen LogP contribution in [-0.4, -0.2) is 46.0 Å². The molecule has 0 spiro atoms. The fourth-order valence-corrected chi connectivity index (χ4v) is 3.60. The van der Waals surface area contributed by atoms with Gasteiger partial charge in [-0.3, -0.25) is 28.8 Å². The molecule has 10 heteroatoms.